The smallest absolute Gasteiger partial charge is 0.352 e. The highest BCUT2D eigenvalue weighted by molar-refractivity contribution is 7.16. The fourth-order valence-corrected chi connectivity index (χ4v) is 5.71. The van der Waals surface area contributed by atoms with E-state index in [9.17, 15) is 22.8 Å². The van der Waals surface area contributed by atoms with Gasteiger partial charge in [0, 0.05) is 41.2 Å². The number of amides is 2. The molecule has 196 valence electrons. The van der Waals surface area contributed by atoms with E-state index in [1.54, 1.807) is 35.4 Å². The number of piperidine rings is 1. The third-order valence-electron chi connectivity index (χ3n) is 6.93. The molecule has 9 nitrogen and oxygen atoms in total. The highest BCUT2D eigenvalue weighted by atomic mass is 32.1. The molecule has 4 N–H and O–H groups in total. The second kappa shape index (κ2) is 8.61. The zero-order valence-electron chi connectivity index (χ0n) is 19.9. The van der Waals surface area contributed by atoms with Crippen LogP contribution in [0.15, 0.2) is 41.9 Å². The number of rotatable bonds is 4. The lowest BCUT2D eigenvalue weighted by Crippen LogP contribution is -2.61. The van der Waals surface area contributed by atoms with Gasteiger partial charge in [-0.15, -0.1) is 24.5 Å². The Hall–Kier alpha value is -3.81. The number of para-hydroxylation sites is 1. The highest BCUT2D eigenvalue weighted by Gasteiger charge is 2.45. The van der Waals surface area contributed by atoms with Crippen LogP contribution >= 0.6 is 11.3 Å². The van der Waals surface area contributed by atoms with E-state index in [2.05, 4.69) is 25.0 Å². The van der Waals surface area contributed by atoms with Crippen LogP contribution in [0.25, 0.3) is 32.3 Å². The summed E-state index contributed by atoms with van der Waals surface area (Å²) in [6.45, 7) is 1.57. The number of aromatic amines is 1. The molecule has 6 rings (SSSR count). The maximum Gasteiger partial charge on any atom is 0.522 e. The van der Waals surface area contributed by atoms with Crippen molar-refractivity contribution < 1.29 is 27.5 Å². The predicted octanol–water partition coefficient (Wildman–Crippen LogP) is 3.57. The van der Waals surface area contributed by atoms with Gasteiger partial charge in [0.1, 0.15) is 10.9 Å². The van der Waals surface area contributed by atoms with Gasteiger partial charge in [0.25, 0.3) is 11.8 Å². The van der Waals surface area contributed by atoms with E-state index in [4.69, 9.17) is 5.73 Å². The summed E-state index contributed by atoms with van der Waals surface area (Å²) in [6, 6.07) is 8.81. The summed E-state index contributed by atoms with van der Waals surface area (Å²) in [5.41, 5.74) is 6.39. The molecule has 3 aromatic heterocycles. The first kappa shape index (κ1) is 24.5. The first-order valence-electron chi connectivity index (χ1n) is 11.7. The second-order valence-corrected chi connectivity index (χ2v) is 10.5. The minimum Gasteiger partial charge on any atom is -0.352 e. The molecule has 1 fully saturated rings. The molecule has 2 atom stereocenters. The van der Waals surface area contributed by atoms with Crippen LogP contribution in [0, 0.1) is 0 Å². The standard InChI is InChI=1S/C25H21F3N6O3S/c1-24(29)7-8-34(11-16(24)37-25(26,27)28)23-31-15-5-3-2-4-13(15)19(32-23)18-17(20(35)33-21(18)36)14-10-30-22-12(14)6-9-38-22/h2-6,9-10,16,30H,7-8,11,29H2,1H3,(H,33,35,36). The lowest BCUT2D eigenvalue weighted by atomic mass is 9.88. The molecule has 2 amide bonds. The number of aromatic nitrogens is 3. The summed E-state index contributed by atoms with van der Waals surface area (Å²) in [5.74, 6) is -1.06. The monoisotopic (exact) mass is 542 g/mol. The Kier molecular flexibility index (Phi) is 5.56. The first-order valence-corrected chi connectivity index (χ1v) is 12.6. The van der Waals surface area contributed by atoms with E-state index >= 15 is 0 Å². The van der Waals surface area contributed by atoms with Crippen molar-refractivity contribution in [2.75, 3.05) is 18.0 Å². The third-order valence-corrected chi connectivity index (χ3v) is 7.78. The fraction of sp³-hybridized carbons (Fsp3) is 0.280. The Bertz CT molecular complexity index is 1640. The average molecular weight is 543 g/mol. The van der Waals surface area contributed by atoms with Crippen molar-refractivity contribution in [3.05, 3.63) is 53.2 Å². The van der Waals surface area contributed by atoms with Crippen LogP contribution in [0.5, 0.6) is 0 Å². The van der Waals surface area contributed by atoms with Gasteiger partial charge in [0.2, 0.25) is 5.95 Å². The zero-order valence-corrected chi connectivity index (χ0v) is 20.7. The Morgan fingerprint density at radius 1 is 1.13 bits per heavy atom. The number of ether oxygens (including phenoxy) is 1. The van der Waals surface area contributed by atoms with Crippen molar-refractivity contribution in [3.63, 3.8) is 0 Å². The molecule has 2 unspecified atom stereocenters. The van der Waals surface area contributed by atoms with E-state index in [1.807, 2.05) is 11.4 Å². The number of anilines is 1. The lowest BCUT2D eigenvalue weighted by Gasteiger charge is -2.43. The van der Waals surface area contributed by atoms with Crippen LogP contribution in [0.4, 0.5) is 19.1 Å². The van der Waals surface area contributed by atoms with Crippen LogP contribution in [0.1, 0.15) is 24.6 Å². The summed E-state index contributed by atoms with van der Waals surface area (Å²) < 4.78 is 43.7. The number of thiophene rings is 1. The van der Waals surface area contributed by atoms with Gasteiger partial charge in [0.15, 0.2) is 0 Å². The summed E-state index contributed by atoms with van der Waals surface area (Å²) in [7, 11) is 0. The van der Waals surface area contributed by atoms with Gasteiger partial charge in [-0.1, -0.05) is 18.2 Å². The predicted molar refractivity (Wildman–Crippen MR) is 136 cm³/mol. The normalized spacial score (nSPS) is 22.7. The maximum atomic E-state index is 13.2. The molecule has 0 radical (unpaired) electrons. The number of imide groups is 1. The van der Waals surface area contributed by atoms with E-state index in [0.717, 1.165) is 10.2 Å². The summed E-state index contributed by atoms with van der Waals surface area (Å²) in [4.78, 5) is 40.9. The van der Waals surface area contributed by atoms with Gasteiger partial charge in [-0.3, -0.25) is 19.6 Å². The van der Waals surface area contributed by atoms with E-state index in [0.29, 0.717) is 16.5 Å². The number of nitrogens with one attached hydrogen (secondary N) is 2. The van der Waals surface area contributed by atoms with Crippen molar-refractivity contribution in [1.29, 1.82) is 0 Å². The maximum absolute atomic E-state index is 13.2. The second-order valence-electron chi connectivity index (χ2n) is 9.54. The third kappa shape index (κ3) is 4.12. The Balaban J connectivity index is 1.51. The molecule has 38 heavy (non-hydrogen) atoms. The average Bonchev–Trinajstić information content (AvgIpc) is 3.53. The number of nitrogens with two attached hydrogens (primary N) is 1. The summed E-state index contributed by atoms with van der Waals surface area (Å²) in [5, 5.41) is 5.55. The molecule has 1 saturated heterocycles. The zero-order chi connectivity index (χ0) is 26.8. The first-order chi connectivity index (χ1) is 18.0. The van der Waals surface area contributed by atoms with Crippen LogP contribution in [-0.4, -0.2) is 57.9 Å². The molecular weight excluding hydrogens is 521 g/mol. The molecule has 2 aliphatic heterocycles. The number of hydrogen-bond acceptors (Lipinski definition) is 8. The van der Waals surface area contributed by atoms with Crippen molar-refractivity contribution >= 4 is 61.4 Å². The van der Waals surface area contributed by atoms with E-state index in [1.165, 1.54) is 18.3 Å². The largest absolute Gasteiger partial charge is 0.522 e. The number of nitrogens with zero attached hydrogens (tertiary/aromatic N) is 3. The van der Waals surface area contributed by atoms with Crippen LogP contribution in [0.3, 0.4) is 0 Å². The number of H-pyrrole nitrogens is 1. The topological polar surface area (TPSA) is 126 Å². The number of hydrogen-bond donors (Lipinski definition) is 3. The number of fused-ring (bicyclic) bond motifs is 2. The number of alkyl halides is 3. The molecule has 5 heterocycles. The molecule has 1 aromatic carbocycles. The minimum atomic E-state index is -4.87. The van der Waals surface area contributed by atoms with E-state index < -0.39 is 29.8 Å². The molecule has 13 heteroatoms. The number of halogens is 3. The molecule has 0 bridgehead atoms. The van der Waals surface area contributed by atoms with Crippen LogP contribution < -0.4 is 16.0 Å². The summed E-state index contributed by atoms with van der Waals surface area (Å²) >= 11 is 1.46. The Morgan fingerprint density at radius 2 is 1.89 bits per heavy atom. The van der Waals surface area contributed by atoms with Gasteiger partial charge >= 0.3 is 6.36 Å². The quantitative estimate of drug-likeness (QED) is 0.337. The SMILES string of the molecule is CC1(N)CCN(c2nc(C3=C(c4c[nH]c5sccc45)C(=O)NC3=O)c3ccccc3n2)CC1OC(F)(F)F. The van der Waals surface area contributed by atoms with E-state index in [-0.39, 0.29) is 42.3 Å². The molecule has 0 aliphatic carbocycles. The van der Waals surface area contributed by atoms with Gasteiger partial charge in [-0.05, 0) is 30.9 Å². The van der Waals surface area contributed by atoms with Crippen LogP contribution in [-0.2, 0) is 14.3 Å². The molecule has 0 spiro atoms. The van der Waals surface area contributed by atoms with Gasteiger partial charge in [-0.25, -0.2) is 9.97 Å². The van der Waals surface area contributed by atoms with Crippen molar-refractivity contribution in [2.45, 2.75) is 31.3 Å². The Labute approximate surface area is 217 Å². The van der Waals surface area contributed by atoms with Crippen LogP contribution in [0.2, 0.25) is 0 Å². The molecule has 2 aliphatic rings. The minimum absolute atomic E-state index is 0.0747. The summed E-state index contributed by atoms with van der Waals surface area (Å²) in [6.07, 6.45) is -4.38. The molecule has 4 aromatic rings. The van der Waals surface area contributed by atoms with Gasteiger partial charge in [-0.2, -0.15) is 0 Å². The highest BCUT2D eigenvalue weighted by Crippen LogP contribution is 2.39. The van der Waals surface area contributed by atoms with Crippen molar-refractivity contribution in [1.82, 2.24) is 20.3 Å². The fourth-order valence-electron chi connectivity index (χ4n) is 4.94. The Morgan fingerprint density at radius 3 is 2.68 bits per heavy atom. The van der Waals surface area contributed by atoms with Gasteiger partial charge in [0.05, 0.1) is 22.4 Å². The van der Waals surface area contributed by atoms with Crippen molar-refractivity contribution in [3.8, 4) is 0 Å². The number of carbonyl (C=O) groups is 2. The number of carbonyl (C=O) groups excluding carboxylic acids is 2. The lowest BCUT2D eigenvalue weighted by molar-refractivity contribution is -0.349. The number of benzene rings is 1. The van der Waals surface area contributed by atoms with Gasteiger partial charge < -0.3 is 15.6 Å². The molecule has 0 saturated carbocycles. The molecular formula is C25H21F3N6O3S. The van der Waals surface area contributed by atoms with Crippen molar-refractivity contribution in [2.24, 2.45) is 5.73 Å².